The summed E-state index contributed by atoms with van der Waals surface area (Å²) in [7, 11) is 0. The summed E-state index contributed by atoms with van der Waals surface area (Å²) in [5.41, 5.74) is 1.16. The third kappa shape index (κ3) is 3.59. The number of nitrogens with zero attached hydrogens (tertiary/aromatic N) is 2. The highest BCUT2D eigenvalue weighted by Crippen LogP contribution is 2.39. The van der Waals surface area contributed by atoms with Crippen molar-refractivity contribution in [3.8, 4) is 0 Å². The molecule has 0 radical (unpaired) electrons. The number of aliphatic carboxylic acids is 1. The van der Waals surface area contributed by atoms with Crippen molar-refractivity contribution in [2.45, 2.75) is 48.5 Å². The number of carbonyl (C=O) groups is 1. The van der Waals surface area contributed by atoms with Crippen LogP contribution in [0.15, 0.2) is 29.4 Å². The van der Waals surface area contributed by atoms with Gasteiger partial charge >= 0.3 is 5.97 Å². The second kappa shape index (κ2) is 6.88. The molecule has 2 unspecified atom stereocenters. The average molecular weight is 376 g/mol. The van der Waals surface area contributed by atoms with Crippen LogP contribution in [0.1, 0.15) is 37.3 Å². The zero-order chi connectivity index (χ0) is 16.6. The fourth-order valence-electron chi connectivity index (χ4n) is 3.27. The summed E-state index contributed by atoms with van der Waals surface area (Å²) in [6.07, 6.45) is 2.73. The predicted octanol–water partition coefficient (Wildman–Crippen LogP) is 4.29. The number of benzene rings is 1. The van der Waals surface area contributed by atoms with Gasteiger partial charge < -0.3 is 5.11 Å². The Kier molecular flexibility index (Phi) is 5.04. The Morgan fingerprint density at radius 2 is 1.91 bits per heavy atom. The van der Waals surface area contributed by atoms with Crippen LogP contribution in [-0.4, -0.2) is 38.6 Å². The van der Waals surface area contributed by atoms with E-state index in [4.69, 9.17) is 34.8 Å². The first-order valence-electron chi connectivity index (χ1n) is 7.58. The van der Waals surface area contributed by atoms with Crippen molar-refractivity contribution >= 4 is 46.5 Å². The van der Waals surface area contributed by atoms with E-state index in [0.717, 1.165) is 18.4 Å². The molecule has 4 atom stereocenters. The maximum absolute atomic E-state index is 11.4. The van der Waals surface area contributed by atoms with Gasteiger partial charge in [0.1, 0.15) is 5.71 Å². The van der Waals surface area contributed by atoms with Gasteiger partial charge in [-0.25, -0.2) is 4.79 Å². The van der Waals surface area contributed by atoms with Crippen molar-refractivity contribution in [2.75, 3.05) is 0 Å². The largest absolute Gasteiger partial charge is 0.477 e. The normalized spacial score (nSPS) is 31.1. The molecule has 1 aromatic rings. The standard InChI is InChI=1S/C16H17Cl3N2O2/c17-10-3-1-9(2-4-10)15-8-13(16(22)23)20-21(15)14-6-5-11(18)7-12(14)19/h1-4,11-12,14-15H,5-8H2,(H,22,23)/t11-,12?,14+,15?/m0/s1. The van der Waals surface area contributed by atoms with Gasteiger partial charge in [0, 0.05) is 16.8 Å². The minimum Gasteiger partial charge on any atom is -0.477 e. The molecule has 1 fully saturated rings. The third-order valence-corrected chi connectivity index (χ3v) is 5.58. The Morgan fingerprint density at radius 1 is 1.22 bits per heavy atom. The van der Waals surface area contributed by atoms with Crippen LogP contribution in [0, 0.1) is 0 Å². The smallest absolute Gasteiger partial charge is 0.352 e. The summed E-state index contributed by atoms with van der Waals surface area (Å²) in [6, 6.07) is 7.30. The van der Waals surface area contributed by atoms with Gasteiger partial charge in [-0.15, -0.1) is 23.2 Å². The van der Waals surface area contributed by atoms with Gasteiger partial charge in [-0.3, -0.25) is 5.01 Å². The lowest BCUT2D eigenvalue weighted by Crippen LogP contribution is -2.42. The number of halogens is 3. The predicted molar refractivity (Wildman–Crippen MR) is 92.6 cm³/mol. The van der Waals surface area contributed by atoms with Gasteiger partial charge in [0.2, 0.25) is 0 Å². The van der Waals surface area contributed by atoms with Crippen LogP contribution < -0.4 is 0 Å². The molecular weight excluding hydrogens is 359 g/mol. The van der Waals surface area contributed by atoms with Crippen molar-refractivity contribution < 1.29 is 9.90 Å². The van der Waals surface area contributed by atoms with Gasteiger partial charge in [0.15, 0.2) is 0 Å². The monoisotopic (exact) mass is 374 g/mol. The molecule has 1 heterocycles. The SMILES string of the molecule is O=C(O)C1=NN([C@@H]2CC[C@H](Cl)CC2Cl)C(c2ccc(Cl)cc2)C1. The number of hydrogen-bond donors (Lipinski definition) is 1. The van der Waals surface area contributed by atoms with Crippen LogP contribution in [0.2, 0.25) is 5.02 Å². The van der Waals surface area contributed by atoms with Crippen molar-refractivity contribution in [3.63, 3.8) is 0 Å². The van der Waals surface area contributed by atoms with Crippen molar-refractivity contribution in [2.24, 2.45) is 5.10 Å². The molecule has 3 rings (SSSR count). The van der Waals surface area contributed by atoms with E-state index in [-0.39, 0.29) is 28.5 Å². The van der Waals surface area contributed by atoms with Crippen molar-refractivity contribution in [1.82, 2.24) is 5.01 Å². The Hall–Kier alpha value is -0.970. The Morgan fingerprint density at radius 3 is 2.52 bits per heavy atom. The quantitative estimate of drug-likeness (QED) is 0.802. The highest BCUT2D eigenvalue weighted by Gasteiger charge is 2.40. The van der Waals surface area contributed by atoms with Crippen molar-refractivity contribution in [1.29, 1.82) is 0 Å². The zero-order valence-corrected chi connectivity index (χ0v) is 14.6. The summed E-state index contributed by atoms with van der Waals surface area (Å²) in [6.45, 7) is 0. The molecule has 1 aromatic carbocycles. The molecule has 0 amide bonds. The summed E-state index contributed by atoms with van der Waals surface area (Å²) in [4.78, 5) is 11.4. The molecule has 2 aliphatic rings. The van der Waals surface area contributed by atoms with Gasteiger partial charge in [0.05, 0.1) is 17.5 Å². The zero-order valence-electron chi connectivity index (χ0n) is 12.3. The van der Waals surface area contributed by atoms with Crippen LogP contribution in [0.5, 0.6) is 0 Å². The molecule has 7 heteroatoms. The number of hydrazone groups is 1. The lowest BCUT2D eigenvalue weighted by Gasteiger charge is -2.38. The third-order valence-electron chi connectivity index (χ3n) is 4.46. The van der Waals surface area contributed by atoms with E-state index in [9.17, 15) is 9.90 Å². The molecule has 0 spiro atoms. The molecule has 0 aromatic heterocycles. The van der Waals surface area contributed by atoms with E-state index < -0.39 is 5.97 Å². The minimum atomic E-state index is -0.983. The lowest BCUT2D eigenvalue weighted by atomic mass is 9.92. The molecular formula is C16H17Cl3N2O2. The van der Waals surface area contributed by atoms with Crippen LogP contribution in [0.3, 0.4) is 0 Å². The highest BCUT2D eigenvalue weighted by molar-refractivity contribution is 6.36. The van der Waals surface area contributed by atoms with E-state index in [1.807, 2.05) is 29.3 Å². The van der Waals surface area contributed by atoms with Crippen LogP contribution in [0.25, 0.3) is 0 Å². The lowest BCUT2D eigenvalue weighted by molar-refractivity contribution is -0.129. The number of carboxylic acid groups (broad SMARTS) is 1. The molecule has 0 bridgehead atoms. The topological polar surface area (TPSA) is 52.9 Å². The van der Waals surface area contributed by atoms with Crippen LogP contribution in [0.4, 0.5) is 0 Å². The highest BCUT2D eigenvalue weighted by atomic mass is 35.5. The first kappa shape index (κ1) is 16.9. The summed E-state index contributed by atoms with van der Waals surface area (Å²) in [5, 5.41) is 16.1. The molecule has 0 saturated heterocycles. The second-order valence-corrected chi connectivity index (χ2v) is 7.61. The fourth-order valence-corrected chi connectivity index (χ4v) is 4.26. The Bertz CT molecular complexity index is 620. The molecule has 124 valence electrons. The van der Waals surface area contributed by atoms with Gasteiger partial charge in [-0.2, -0.15) is 5.10 Å². The molecule has 1 aliphatic heterocycles. The van der Waals surface area contributed by atoms with E-state index >= 15 is 0 Å². The van der Waals surface area contributed by atoms with E-state index in [1.54, 1.807) is 0 Å². The summed E-state index contributed by atoms with van der Waals surface area (Å²) in [5.74, 6) is -0.983. The van der Waals surface area contributed by atoms with Gasteiger partial charge in [-0.1, -0.05) is 23.7 Å². The first-order valence-corrected chi connectivity index (χ1v) is 8.83. The van der Waals surface area contributed by atoms with Crippen molar-refractivity contribution in [3.05, 3.63) is 34.9 Å². The molecule has 1 saturated carbocycles. The average Bonchev–Trinajstić information content (AvgIpc) is 2.93. The second-order valence-electron chi connectivity index (χ2n) is 6.00. The minimum absolute atomic E-state index is 0.0100. The fraction of sp³-hybridized carbons (Fsp3) is 0.500. The van der Waals surface area contributed by atoms with E-state index in [2.05, 4.69) is 5.10 Å². The Labute approximate surface area is 150 Å². The summed E-state index contributed by atoms with van der Waals surface area (Å²) < 4.78 is 0. The number of hydrogen-bond acceptors (Lipinski definition) is 3. The van der Waals surface area contributed by atoms with Crippen LogP contribution >= 0.6 is 34.8 Å². The summed E-state index contributed by atoms with van der Waals surface area (Å²) >= 11 is 18.6. The van der Waals surface area contributed by atoms with Crippen LogP contribution in [-0.2, 0) is 4.79 Å². The van der Waals surface area contributed by atoms with E-state index in [0.29, 0.717) is 17.9 Å². The van der Waals surface area contributed by atoms with Gasteiger partial charge in [-0.05, 0) is 37.0 Å². The Balaban J connectivity index is 1.89. The molecule has 1 aliphatic carbocycles. The number of rotatable bonds is 3. The molecule has 1 N–H and O–H groups in total. The number of carboxylic acids is 1. The first-order chi connectivity index (χ1) is 11.0. The number of alkyl halides is 2. The van der Waals surface area contributed by atoms with E-state index in [1.165, 1.54) is 0 Å². The van der Waals surface area contributed by atoms with Gasteiger partial charge in [0.25, 0.3) is 0 Å². The molecule has 23 heavy (non-hydrogen) atoms. The maximum atomic E-state index is 11.4. The maximum Gasteiger partial charge on any atom is 0.352 e. The molecule has 4 nitrogen and oxygen atoms in total.